The van der Waals surface area contributed by atoms with E-state index in [-0.39, 0.29) is 68.7 Å². The number of aliphatic carboxylic acids is 2. The van der Waals surface area contributed by atoms with Gasteiger partial charge in [-0.15, -0.1) is 0 Å². The Kier molecular flexibility index (Phi) is 20.6. The molecule has 3 atom stereocenters. The van der Waals surface area contributed by atoms with Gasteiger partial charge < -0.3 is 57.9 Å². The quantitative estimate of drug-likeness (QED) is 0.0411. The minimum Gasteiger partial charge on any atom is -0.481 e. The number of urea groups is 1. The van der Waals surface area contributed by atoms with Gasteiger partial charge in [0.15, 0.2) is 0 Å². The molecule has 58 heavy (non-hydrogen) atoms. The number of carbonyl (C=O) groups is 8. The van der Waals surface area contributed by atoms with E-state index in [9.17, 15) is 46.8 Å². The first-order valence-electron chi connectivity index (χ1n) is 17.5. The van der Waals surface area contributed by atoms with Gasteiger partial charge in [0.2, 0.25) is 39.6 Å². The summed E-state index contributed by atoms with van der Waals surface area (Å²) in [5.41, 5.74) is 6.80. The van der Waals surface area contributed by atoms with Gasteiger partial charge in [-0.2, -0.15) is 12.6 Å². The molecule has 0 radical (unpaired) electrons. The molecule has 0 unspecified atom stereocenters. The van der Waals surface area contributed by atoms with Crippen LogP contribution >= 0.6 is 12.6 Å². The number of rotatable bonds is 25. The molecule has 0 aliphatic heterocycles. The van der Waals surface area contributed by atoms with Gasteiger partial charge in [-0.1, -0.05) is 6.07 Å². The third-order valence-corrected chi connectivity index (χ3v) is 9.02. The molecule has 0 aliphatic rings. The lowest BCUT2D eigenvalue weighted by Gasteiger charge is -2.20. The Morgan fingerprint density at radius 2 is 1.36 bits per heavy atom. The van der Waals surface area contributed by atoms with Gasteiger partial charge in [0.25, 0.3) is 0 Å². The molecule has 0 spiro atoms. The number of anilines is 3. The highest BCUT2D eigenvalue weighted by Gasteiger charge is 2.27. The molecule has 0 bridgehead atoms. The van der Waals surface area contributed by atoms with Gasteiger partial charge in [-0.3, -0.25) is 33.6 Å². The number of thiol groups is 1. The summed E-state index contributed by atoms with van der Waals surface area (Å²) in [6.07, 6.45) is -0.727. The summed E-state index contributed by atoms with van der Waals surface area (Å²) >= 11 is 3.88. The van der Waals surface area contributed by atoms with Crippen molar-refractivity contribution >= 4 is 87.2 Å². The van der Waals surface area contributed by atoms with E-state index < -0.39 is 76.0 Å². The number of carboxylic acid groups (broad SMARTS) is 2. The van der Waals surface area contributed by atoms with E-state index in [2.05, 4.69) is 49.8 Å². The lowest BCUT2D eigenvalue weighted by Crippen LogP contribution is -2.55. The zero-order chi connectivity index (χ0) is 43.3. The number of hydrogen-bond acceptors (Lipinski definition) is 13. The summed E-state index contributed by atoms with van der Waals surface area (Å²) in [6.45, 7) is -0.255. The first kappa shape index (κ1) is 48.3. The smallest absolute Gasteiger partial charge is 0.323 e. The summed E-state index contributed by atoms with van der Waals surface area (Å²) in [5, 5.41) is 40.5. The van der Waals surface area contributed by atoms with Crippen LogP contribution in [0.3, 0.4) is 0 Å². The first-order valence-corrected chi connectivity index (χ1v) is 19.7. The van der Waals surface area contributed by atoms with E-state index in [1.807, 2.05) is 0 Å². The Hall–Kier alpha value is -5.82. The Bertz CT molecular complexity index is 1880. The van der Waals surface area contributed by atoms with E-state index in [4.69, 9.17) is 25.8 Å². The average molecular weight is 854 g/mol. The highest BCUT2D eigenvalue weighted by Crippen LogP contribution is 2.17. The Morgan fingerprint density at radius 3 is 1.98 bits per heavy atom. The van der Waals surface area contributed by atoms with Crippen molar-refractivity contribution < 1.29 is 61.7 Å². The van der Waals surface area contributed by atoms with E-state index in [1.54, 1.807) is 18.2 Å². The Balaban J connectivity index is 1.60. The van der Waals surface area contributed by atoms with Crippen molar-refractivity contribution in [3.8, 4) is 0 Å². The number of benzene rings is 2. The molecule has 0 heterocycles. The lowest BCUT2D eigenvalue weighted by molar-refractivity contribution is -0.143. The third-order valence-electron chi connectivity index (χ3n) is 7.65. The molecule has 7 amide bonds. The summed E-state index contributed by atoms with van der Waals surface area (Å²) in [6, 6.07) is 7.96. The molecule has 2 rings (SSSR count). The maximum atomic E-state index is 12.5. The normalized spacial score (nSPS) is 12.5. The van der Waals surface area contributed by atoms with Crippen LogP contribution in [-0.4, -0.2) is 117 Å². The molecule has 22 nitrogen and oxygen atoms in total. The Labute approximate surface area is 338 Å². The van der Waals surface area contributed by atoms with Crippen molar-refractivity contribution in [2.75, 3.05) is 54.6 Å². The number of nitrogens with one attached hydrogen (secondary N) is 7. The summed E-state index contributed by atoms with van der Waals surface area (Å²) in [4.78, 5) is 96.2. The second-order valence-corrected chi connectivity index (χ2v) is 14.3. The molecule has 0 saturated carbocycles. The molecule has 0 aliphatic carbocycles. The molecule has 24 heteroatoms. The predicted molar refractivity (Wildman–Crippen MR) is 211 cm³/mol. The van der Waals surface area contributed by atoms with Crippen molar-refractivity contribution in [1.82, 2.24) is 21.3 Å². The molecular formula is C34H47N9O13S2. The maximum absolute atomic E-state index is 12.5. The molecule has 2 aromatic carbocycles. The number of amides is 7. The van der Waals surface area contributed by atoms with Crippen molar-refractivity contribution in [2.24, 2.45) is 16.8 Å². The fraction of sp³-hybridized carbons (Fsp3) is 0.412. The highest BCUT2D eigenvalue weighted by atomic mass is 32.2. The van der Waals surface area contributed by atoms with E-state index in [0.717, 1.165) is 0 Å². The van der Waals surface area contributed by atoms with Gasteiger partial charge in [0, 0.05) is 68.3 Å². The van der Waals surface area contributed by atoms with Crippen LogP contribution in [0.5, 0.6) is 0 Å². The zero-order valence-electron chi connectivity index (χ0n) is 31.0. The van der Waals surface area contributed by atoms with Crippen LogP contribution in [-0.2, 0) is 48.3 Å². The minimum atomic E-state index is -3.88. The molecule has 0 fully saturated rings. The second kappa shape index (κ2) is 24.7. The number of carboxylic acids is 2. The van der Waals surface area contributed by atoms with E-state index >= 15 is 0 Å². The monoisotopic (exact) mass is 853 g/mol. The molecule has 318 valence electrons. The van der Waals surface area contributed by atoms with Crippen molar-refractivity contribution in [2.45, 2.75) is 49.1 Å². The van der Waals surface area contributed by atoms with E-state index in [0.29, 0.717) is 23.5 Å². The van der Waals surface area contributed by atoms with Gasteiger partial charge >= 0.3 is 18.0 Å². The molecule has 0 saturated heterocycles. The number of sulfonamides is 1. The molecular weight excluding hydrogens is 807 g/mol. The summed E-state index contributed by atoms with van der Waals surface area (Å²) in [7, 11) is -3.88. The number of primary sulfonamides is 1. The minimum absolute atomic E-state index is 0.00450. The van der Waals surface area contributed by atoms with Crippen molar-refractivity contribution in [1.29, 1.82) is 0 Å². The van der Waals surface area contributed by atoms with Crippen LogP contribution in [0, 0.1) is 5.92 Å². The molecule has 2 aromatic rings. The number of ether oxygens (including phenoxy) is 1. The zero-order valence-corrected chi connectivity index (χ0v) is 32.7. The van der Waals surface area contributed by atoms with Crippen LogP contribution in [0.4, 0.5) is 21.9 Å². The van der Waals surface area contributed by atoms with E-state index in [1.165, 1.54) is 30.3 Å². The van der Waals surface area contributed by atoms with Gasteiger partial charge in [-0.05, 0) is 48.9 Å². The highest BCUT2D eigenvalue weighted by molar-refractivity contribution is 7.89. The van der Waals surface area contributed by atoms with Crippen LogP contribution in [0.15, 0.2) is 53.4 Å². The SMILES string of the molecule is N[C@H](CNC(=O)CCOCCCNC(=O)CCC(=O)Nc1cccc(NC(=O)Nc2ccc(S(N)(=O)=O)cc2)c1)C(=O)N[C@@H](CC(=O)O)C(=O)NC[C@H](CS)C(=O)O. The van der Waals surface area contributed by atoms with Crippen molar-refractivity contribution in [3.05, 3.63) is 48.5 Å². The first-order chi connectivity index (χ1) is 27.4. The van der Waals surface area contributed by atoms with Crippen LogP contribution in [0.1, 0.15) is 32.1 Å². The second-order valence-electron chi connectivity index (χ2n) is 12.4. The number of carbonyl (C=O) groups excluding carboxylic acids is 6. The fourth-order valence-corrected chi connectivity index (χ4v) is 5.35. The van der Waals surface area contributed by atoms with Gasteiger partial charge in [0.05, 0.1) is 23.8 Å². The number of nitrogens with two attached hydrogens (primary N) is 2. The predicted octanol–water partition coefficient (Wildman–Crippen LogP) is -1.24. The average Bonchev–Trinajstić information content (AvgIpc) is 3.15. The summed E-state index contributed by atoms with van der Waals surface area (Å²) < 4.78 is 28.1. The Morgan fingerprint density at radius 1 is 0.741 bits per heavy atom. The third kappa shape index (κ3) is 19.4. The maximum Gasteiger partial charge on any atom is 0.323 e. The fourth-order valence-electron chi connectivity index (χ4n) is 4.55. The lowest BCUT2D eigenvalue weighted by atomic mass is 10.1. The molecule has 0 aromatic heterocycles. The topological polar surface area (TPSA) is 357 Å². The van der Waals surface area contributed by atoms with Crippen LogP contribution in [0.25, 0.3) is 0 Å². The van der Waals surface area contributed by atoms with Gasteiger partial charge in [0.1, 0.15) is 12.1 Å². The number of hydrogen-bond donors (Lipinski definition) is 12. The van der Waals surface area contributed by atoms with Crippen LogP contribution in [0.2, 0.25) is 0 Å². The summed E-state index contributed by atoms with van der Waals surface area (Å²) in [5.74, 6) is -6.96. The van der Waals surface area contributed by atoms with Crippen molar-refractivity contribution in [3.63, 3.8) is 0 Å². The molecule has 13 N–H and O–H groups in total. The largest absolute Gasteiger partial charge is 0.481 e. The van der Waals surface area contributed by atoms with Crippen LogP contribution < -0.4 is 48.1 Å². The van der Waals surface area contributed by atoms with Gasteiger partial charge in [-0.25, -0.2) is 18.4 Å². The standard InChI is InChI=1S/C34H47N9O13S2/c35-25(31(49)43-26(16-30(47)48)32(50)39-17-20(19-57)33(51)52)18-38-28(45)11-14-56-13-2-12-37-27(44)9-10-29(46)40-22-3-1-4-23(15-22)42-34(53)41-21-5-7-24(8-6-21)58(36,54)55/h1,3-8,15,20,25-26,57H,2,9-14,16-19,35H2,(H,37,44)(H,38,45)(H,39,50)(H,40,46)(H,43,49)(H,47,48)(H,51,52)(H2,36,54,55)(H2,41,42,53)/t20-,25-,26+/m1/s1.